The lowest BCUT2D eigenvalue weighted by Gasteiger charge is -2.14. The number of thioether (sulfide) groups is 1. The molecule has 1 fully saturated rings. The van der Waals surface area contributed by atoms with Crippen molar-refractivity contribution in [3.63, 3.8) is 0 Å². The van der Waals surface area contributed by atoms with Gasteiger partial charge in [-0.1, -0.05) is 42.2 Å². The van der Waals surface area contributed by atoms with Crippen molar-refractivity contribution in [2.75, 3.05) is 11.9 Å². The molecule has 0 saturated carbocycles. The third-order valence-corrected chi connectivity index (χ3v) is 5.50. The number of nitrogens with zero attached hydrogens (tertiary/aromatic N) is 3. The van der Waals surface area contributed by atoms with Gasteiger partial charge in [-0.3, -0.25) is 24.5 Å². The highest BCUT2D eigenvalue weighted by molar-refractivity contribution is 8.26. The van der Waals surface area contributed by atoms with Gasteiger partial charge in [-0.2, -0.15) is 0 Å². The second-order valence-electron chi connectivity index (χ2n) is 6.10. The summed E-state index contributed by atoms with van der Waals surface area (Å²) in [4.78, 5) is 34.9. The molecular formula is C20H13FN4O2S2. The van der Waals surface area contributed by atoms with Crippen molar-refractivity contribution < 1.29 is 14.0 Å². The second kappa shape index (κ2) is 8.06. The molecule has 0 radical (unpaired) electrons. The van der Waals surface area contributed by atoms with E-state index in [0.717, 1.165) is 11.8 Å². The summed E-state index contributed by atoms with van der Waals surface area (Å²) in [5, 5.41) is 2.73. The summed E-state index contributed by atoms with van der Waals surface area (Å²) in [6.45, 7) is -0.238. The topological polar surface area (TPSA) is 75.2 Å². The standard InChI is InChI=1S/C20H13FN4O2S2/c21-14-4-2-1-3-12(14)9-17-19(27)25(20(28)29-17)11-18(26)24-13-5-6-15-16(10-13)23-8-7-22-15/h1-10H,11H2,(H,24,26)/b17-9-. The Morgan fingerprint density at radius 1 is 1.17 bits per heavy atom. The van der Waals surface area contributed by atoms with Gasteiger partial charge in [0, 0.05) is 23.6 Å². The maximum absolute atomic E-state index is 13.8. The number of fused-ring (bicyclic) bond motifs is 1. The third kappa shape index (κ3) is 4.15. The zero-order valence-electron chi connectivity index (χ0n) is 14.8. The van der Waals surface area contributed by atoms with Crippen LogP contribution in [0.2, 0.25) is 0 Å². The molecule has 1 aromatic heterocycles. The molecule has 2 heterocycles. The van der Waals surface area contributed by atoms with Crippen molar-refractivity contribution in [1.82, 2.24) is 14.9 Å². The molecule has 6 nitrogen and oxygen atoms in total. The predicted molar refractivity (Wildman–Crippen MR) is 114 cm³/mol. The Kier molecular flexibility index (Phi) is 5.32. The number of thiocarbonyl (C=S) groups is 1. The van der Waals surface area contributed by atoms with E-state index in [0.29, 0.717) is 16.7 Å². The molecule has 0 unspecified atom stereocenters. The highest BCUT2D eigenvalue weighted by Crippen LogP contribution is 2.32. The number of rotatable bonds is 4. The number of nitrogens with one attached hydrogen (secondary N) is 1. The van der Waals surface area contributed by atoms with E-state index >= 15 is 0 Å². The van der Waals surface area contributed by atoms with Crippen LogP contribution in [-0.2, 0) is 9.59 Å². The Labute approximate surface area is 174 Å². The van der Waals surface area contributed by atoms with Crippen molar-refractivity contribution >= 4 is 62.9 Å². The van der Waals surface area contributed by atoms with Gasteiger partial charge in [-0.25, -0.2) is 4.39 Å². The van der Waals surface area contributed by atoms with Gasteiger partial charge in [0.1, 0.15) is 16.7 Å². The van der Waals surface area contributed by atoms with Crippen molar-refractivity contribution in [2.24, 2.45) is 0 Å². The van der Waals surface area contributed by atoms with E-state index in [1.807, 2.05) is 0 Å². The normalized spacial score (nSPS) is 15.3. The molecule has 1 aliphatic rings. The lowest BCUT2D eigenvalue weighted by Crippen LogP contribution is -2.36. The number of hydrogen-bond donors (Lipinski definition) is 1. The van der Waals surface area contributed by atoms with Gasteiger partial charge in [-0.05, 0) is 30.3 Å². The van der Waals surface area contributed by atoms with Crippen LogP contribution in [0.1, 0.15) is 5.56 Å². The fourth-order valence-electron chi connectivity index (χ4n) is 2.75. The largest absolute Gasteiger partial charge is 0.324 e. The van der Waals surface area contributed by atoms with Gasteiger partial charge in [0.15, 0.2) is 0 Å². The van der Waals surface area contributed by atoms with Crippen LogP contribution in [-0.4, -0.2) is 37.5 Å². The van der Waals surface area contributed by atoms with Crippen molar-refractivity contribution in [3.8, 4) is 0 Å². The molecule has 9 heteroatoms. The average molecular weight is 424 g/mol. The molecule has 3 aromatic rings. The summed E-state index contributed by atoms with van der Waals surface area (Å²) in [5.41, 5.74) is 2.18. The molecule has 29 heavy (non-hydrogen) atoms. The van der Waals surface area contributed by atoms with E-state index in [1.54, 1.807) is 48.8 Å². The van der Waals surface area contributed by atoms with Crippen LogP contribution in [0.15, 0.2) is 59.8 Å². The minimum Gasteiger partial charge on any atom is -0.324 e. The minimum atomic E-state index is -0.435. The smallest absolute Gasteiger partial charge is 0.266 e. The lowest BCUT2D eigenvalue weighted by atomic mass is 10.2. The predicted octanol–water partition coefficient (Wildman–Crippen LogP) is 3.61. The summed E-state index contributed by atoms with van der Waals surface area (Å²) in [6, 6.07) is 11.3. The number of carbonyl (C=O) groups excluding carboxylic acids is 2. The SMILES string of the molecule is O=C(CN1C(=O)/C(=C/c2ccccc2F)SC1=S)Nc1ccc2nccnc2c1. The number of halogens is 1. The van der Waals surface area contributed by atoms with Crippen molar-refractivity contribution in [2.45, 2.75) is 0 Å². The average Bonchev–Trinajstić information content (AvgIpc) is 2.97. The zero-order chi connectivity index (χ0) is 20.4. The van der Waals surface area contributed by atoms with Gasteiger partial charge in [0.2, 0.25) is 5.91 Å². The van der Waals surface area contributed by atoms with E-state index in [-0.39, 0.29) is 21.3 Å². The summed E-state index contributed by atoms with van der Waals surface area (Å²) in [5.74, 6) is -1.27. The third-order valence-electron chi connectivity index (χ3n) is 4.12. The summed E-state index contributed by atoms with van der Waals surface area (Å²) in [7, 11) is 0. The fraction of sp³-hybridized carbons (Fsp3) is 0.0500. The van der Waals surface area contributed by atoms with E-state index in [1.165, 1.54) is 17.0 Å². The highest BCUT2D eigenvalue weighted by atomic mass is 32.2. The summed E-state index contributed by atoms with van der Waals surface area (Å²) < 4.78 is 14.1. The van der Waals surface area contributed by atoms with E-state index in [9.17, 15) is 14.0 Å². The molecule has 1 aliphatic heterocycles. The monoisotopic (exact) mass is 424 g/mol. The van der Waals surface area contributed by atoms with Crippen LogP contribution in [0.25, 0.3) is 17.1 Å². The zero-order valence-corrected chi connectivity index (χ0v) is 16.5. The number of aromatic nitrogens is 2. The van der Waals surface area contributed by atoms with Crippen molar-refractivity contribution in [1.29, 1.82) is 0 Å². The van der Waals surface area contributed by atoms with E-state index in [4.69, 9.17) is 12.2 Å². The van der Waals surface area contributed by atoms with Gasteiger partial charge in [0.25, 0.3) is 5.91 Å². The number of hydrogen-bond acceptors (Lipinski definition) is 6. The molecule has 2 aromatic carbocycles. The summed E-state index contributed by atoms with van der Waals surface area (Å²) >= 11 is 6.26. The molecule has 1 N–H and O–H groups in total. The molecule has 0 atom stereocenters. The molecule has 0 aliphatic carbocycles. The first-order chi connectivity index (χ1) is 14.0. The molecule has 2 amide bonds. The lowest BCUT2D eigenvalue weighted by molar-refractivity contribution is -0.126. The minimum absolute atomic E-state index is 0.238. The molecule has 144 valence electrons. The van der Waals surface area contributed by atoms with Crippen molar-refractivity contribution in [3.05, 3.63) is 71.1 Å². The van der Waals surface area contributed by atoms with Gasteiger partial charge in [0.05, 0.1) is 15.9 Å². The number of benzene rings is 2. The quantitative estimate of drug-likeness (QED) is 0.509. The Morgan fingerprint density at radius 2 is 1.93 bits per heavy atom. The van der Waals surface area contributed by atoms with Crippen LogP contribution in [0, 0.1) is 5.82 Å². The van der Waals surface area contributed by atoms with Gasteiger partial charge in [-0.15, -0.1) is 0 Å². The van der Waals surface area contributed by atoms with Crippen LogP contribution in [0.3, 0.4) is 0 Å². The summed E-state index contributed by atoms with van der Waals surface area (Å²) in [6.07, 6.45) is 4.59. The van der Waals surface area contributed by atoms with Crippen LogP contribution >= 0.6 is 24.0 Å². The van der Waals surface area contributed by atoms with Crippen LogP contribution < -0.4 is 5.32 Å². The number of carbonyl (C=O) groups is 2. The number of amides is 2. The van der Waals surface area contributed by atoms with E-state index in [2.05, 4.69) is 15.3 Å². The first-order valence-electron chi connectivity index (χ1n) is 8.52. The molecular weight excluding hydrogens is 411 g/mol. The van der Waals surface area contributed by atoms with E-state index < -0.39 is 17.6 Å². The maximum atomic E-state index is 13.8. The Morgan fingerprint density at radius 3 is 2.72 bits per heavy atom. The Balaban J connectivity index is 1.47. The molecule has 1 saturated heterocycles. The fourth-order valence-corrected chi connectivity index (χ4v) is 4.00. The Hall–Kier alpha value is -3.17. The molecule has 0 spiro atoms. The number of anilines is 1. The van der Waals surface area contributed by atoms with Gasteiger partial charge < -0.3 is 5.32 Å². The van der Waals surface area contributed by atoms with Crippen LogP contribution in [0.5, 0.6) is 0 Å². The first kappa shape index (κ1) is 19.2. The van der Waals surface area contributed by atoms with Crippen LogP contribution in [0.4, 0.5) is 10.1 Å². The molecule has 4 rings (SSSR count). The Bertz CT molecular complexity index is 1180. The highest BCUT2D eigenvalue weighted by Gasteiger charge is 2.33. The molecule has 0 bridgehead atoms. The van der Waals surface area contributed by atoms with Gasteiger partial charge >= 0.3 is 0 Å². The first-order valence-corrected chi connectivity index (χ1v) is 9.74. The maximum Gasteiger partial charge on any atom is 0.266 e. The second-order valence-corrected chi connectivity index (χ2v) is 7.77.